The number of amides is 2. The van der Waals surface area contributed by atoms with Crippen molar-refractivity contribution in [3.63, 3.8) is 0 Å². The molecule has 2 aromatic rings. The van der Waals surface area contributed by atoms with Crippen LogP contribution in [0.3, 0.4) is 0 Å². The van der Waals surface area contributed by atoms with Gasteiger partial charge in [-0.2, -0.15) is 0 Å². The first-order valence-corrected chi connectivity index (χ1v) is 11.0. The summed E-state index contributed by atoms with van der Waals surface area (Å²) in [5.74, 6) is 0.209. The van der Waals surface area contributed by atoms with E-state index in [1.54, 1.807) is 23.5 Å². The molecule has 1 saturated carbocycles. The van der Waals surface area contributed by atoms with Gasteiger partial charge in [-0.25, -0.2) is 0 Å². The highest BCUT2D eigenvalue weighted by molar-refractivity contribution is 7.09. The van der Waals surface area contributed by atoms with Crippen LogP contribution in [0.4, 0.5) is 5.69 Å². The van der Waals surface area contributed by atoms with Crippen molar-refractivity contribution in [2.75, 3.05) is 25.5 Å². The molecule has 2 amide bonds. The van der Waals surface area contributed by atoms with Crippen molar-refractivity contribution < 1.29 is 14.3 Å². The summed E-state index contributed by atoms with van der Waals surface area (Å²) < 4.78 is 5.40. The summed E-state index contributed by atoms with van der Waals surface area (Å²) in [4.78, 5) is 28.6. The number of carbonyl (C=O) groups excluding carboxylic acids is 2. The van der Waals surface area contributed by atoms with Crippen molar-refractivity contribution in [3.05, 3.63) is 45.1 Å². The van der Waals surface area contributed by atoms with E-state index in [1.165, 1.54) is 12.0 Å². The first-order valence-electron chi connectivity index (χ1n) is 9.77. The summed E-state index contributed by atoms with van der Waals surface area (Å²) in [5.41, 5.74) is 0.846. The summed E-state index contributed by atoms with van der Waals surface area (Å²) in [7, 11) is 1.50. The Morgan fingerprint density at radius 3 is 2.83 bits per heavy atom. The van der Waals surface area contributed by atoms with E-state index in [0.717, 1.165) is 38.9 Å². The van der Waals surface area contributed by atoms with Crippen molar-refractivity contribution in [1.29, 1.82) is 0 Å². The standard InChI is InChI=1S/C21H24ClN3O3S/c1-28-19-10-18(24-20(26)13-4-5-13)17(22)9-16(19)21(27)23-14-6-7-25(11-14)12-15-3-2-8-29-15/h2-3,8-10,13-14H,4-7,11-12H2,1H3,(H,23,27)(H,24,26)/t14-/m0/s1. The van der Waals surface area contributed by atoms with Gasteiger partial charge >= 0.3 is 0 Å². The molecular formula is C21H24ClN3O3S. The molecule has 2 fully saturated rings. The van der Waals surface area contributed by atoms with Gasteiger partial charge < -0.3 is 15.4 Å². The molecule has 8 heteroatoms. The molecule has 6 nitrogen and oxygen atoms in total. The molecular weight excluding hydrogens is 410 g/mol. The number of ether oxygens (including phenoxy) is 1. The fourth-order valence-corrected chi connectivity index (χ4v) is 4.51. The van der Waals surface area contributed by atoms with E-state index in [2.05, 4.69) is 33.0 Å². The molecule has 2 aliphatic rings. The molecule has 1 aliphatic heterocycles. The number of thiophene rings is 1. The van der Waals surface area contributed by atoms with Crippen LogP contribution in [0, 0.1) is 5.92 Å². The van der Waals surface area contributed by atoms with E-state index in [0.29, 0.717) is 22.0 Å². The van der Waals surface area contributed by atoms with E-state index >= 15 is 0 Å². The topological polar surface area (TPSA) is 70.7 Å². The third-order valence-electron chi connectivity index (χ3n) is 5.31. The molecule has 4 rings (SSSR count). The van der Waals surface area contributed by atoms with Crippen LogP contribution in [0.25, 0.3) is 0 Å². The first-order chi connectivity index (χ1) is 14.0. The summed E-state index contributed by atoms with van der Waals surface area (Å²) >= 11 is 8.08. The minimum absolute atomic E-state index is 0.0389. The number of nitrogens with zero attached hydrogens (tertiary/aromatic N) is 1. The van der Waals surface area contributed by atoms with Gasteiger partial charge in [-0.15, -0.1) is 11.3 Å². The van der Waals surface area contributed by atoms with Gasteiger partial charge in [0.2, 0.25) is 5.91 Å². The molecule has 1 atom stereocenters. The van der Waals surface area contributed by atoms with Gasteiger partial charge in [0.25, 0.3) is 5.91 Å². The lowest BCUT2D eigenvalue weighted by Gasteiger charge is -2.17. The van der Waals surface area contributed by atoms with Gasteiger partial charge in [0, 0.05) is 42.5 Å². The summed E-state index contributed by atoms with van der Waals surface area (Å²) in [6, 6.07) is 7.46. The van der Waals surface area contributed by atoms with E-state index in [1.807, 2.05) is 0 Å². The molecule has 0 spiro atoms. The SMILES string of the molecule is COc1cc(NC(=O)C2CC2)c(Cl)cc1C(=O)N[C@H]1CCN(Cc2cccs2)C1. The molecule has 0 unspecified atom stereocenters. The molecule has 1 saturated heterocycles. The lowest BCUT2D eigenvalue weighted by molar-refractivity contribution is -0.117. The Morgan fingerprint density at radius 2 is 2.14 bits per heavy atom. The van der Waals surface area contributed by atoms with Crippen LogP contribution >= 0.6 is 22.9 Å². The van der Waals surface area contributed by atoms with Gasteiger partial charge in [0.05, 0.1) is 23.4 Å². The maximum atomic E-state index is 12.9. The van der Waals surface area contributed by atoms with Crippen LogP contribution in [-0.2, 0) is 11.3 Å². The Kier molecular flexibility index (Phi) is 6.08. The quantitative estimate of drug-likeness (QED) is 0.697. The zero-order valence-corrected chi connectivity index (χ0v) is 17.8. The van der Waals surface area contributed by atoms with Crippen molar-refractivity contribution >= 4 is 40.4 Å². The minimum Gasteiger partial charge on any atom is -0.496 e. The van der Waals surface area contributed by atoms with Crippen LogP contribution < -0.4 is 15.4 Å². The van der Waals surface area contributed by atoms with Crippen LogP contribution in [-0.4, -0.2) is 43.0 Å². The second kappa shape index (κ2) is 8.73. The van der Waals surface area contributed by atoms with Gasteiger partial charge in [-0.05, 0) is 36.8 Å². The van der Waals surface area contributed by atoms with E-state index in [-0.39, 0.29) is 23.8 Å². The van der Waals surface area contributed by atoms with Crippen LogP contribution in [0.1, 0.15) is 34.5 Å². The van der Waals surface area contributed by atoms with Gasteiger partial charge in [0.15, 0.2) is 0 Å². The zero-order chi connectivity index (χ0) is 20.4. The highest BCUT2D eigenvalue weighted by atomic mass is 35.5. The number of likely N-dealkylation sites (tertiary alicyclic amines) is 1. The van der Waals surface area contributed by atoms with Crippen molar-refractivity contribution in [2.45, 2.75) is 31.8 Å². The number of halogens is 1. The lowest BCUT2D eigenvalue weighted by atomic mass is 10.1. The average Bonchev–Trinajstić information content (AvgIpc) is 3.28. The van der Waals surface area contributed by atoms with Crippen LogP contribution in [0.5, 0.6) is 5.75 Å². The summed E-state index contributed by atoms with van der Waals surface area (Å²) in [5, 5.41) is 8.33. The smallest absolute Gasteiger partial charge is 0.255 e. The monoisotopic (exact) mass is 433 g/mol. The molecule has 154 valence electrons. The summed E-state index contributed by atoms with van der Waals surface area (Å²) in [6.45, 7) is 2.68. The number of hydrogen-bond donors (Lipinski definition) is 2. The van der Waals surface area contributed by atoms with E-state index in [4.69, 9.17) is 16.3 Å². The second-order valence-corrected chi connectivity index (χ2v) is 9.01. The lowest BCUT2D eigenvalue weighted by Crippen LogP contribution is -2.37. The third kappa shape index (κ3) is 4.91. The maximum Gasteiger partial charge on any atom is 0.255 e. The number of nitrogens with one attached hydrogen (secondary N) is 2. The molecule has 1 aromatic carbocycles. The van der Waals surface area contributed by atoms with E-state index in [9.17, 15) is 9.59 Å². The number of hydrogen-bond acceptors (Lipinski definition) is 5. The highest BCUT2D eigenvalue weighted by Crippen LogP contribution is 2.34. The largest absolute Gasteiger partial charge is 0.496 e. The molecule has 1 aliphatic carbocycles. The number of methoxy groups -OCH3 is 1. The number of anilines is 1. The molecule has 2 N–H and O–H groups in total. The van der Waals surface area contributed by atoms with E-state index < -0.39 is 0 Å². The molecule has 0 radical (unpaired) electrons. The first kappa shape index (κ1) is 20.2. The predicted molar refractivity (Wildman–Crippen MR) is 115 cm³/mol. The Morgan fingerprint density at radius 1 is 1.31 bits per heavy atom. The van der Waals surface area contributed by atoms with Crippen LogP contribution in [0.15, 0.2) is 29.6 Å². The second-order valence-electron chi connectivity index (χ2n) is 7.57. The fraction of sp³-hybridized carbons (Fsp3) is 0.429. The van der Waals surface area contributed by atoms with Crippen molar-refractivity contribution in [1.82, 2.24) is 10.2 Å². The Hall–Kier alpha value is -2.09. The normalized spacial score (nSPS) is 19.2. The minimum atomic E-state index is -0.216. The maximum absolute atomic E-state index is 12.9. The number of rotatable bonds is 7. The number of carbonyl (C=O) groups is 2. The highest BCUT2D eigenvalue weighted by Gasteiger charge is 2.30. The molecule has 2 heterocycles. The predicted octanol–water partition coefficient (Wildman–Crippen LogP) is 3.76. The molecule has 29 heavy (non-hydrogen) atoms. The van der Waals surface area contributed by atoms with Gasteiger partial charge in [-0.3, -0.25) is 14.5 Å². The Balaban J connectivity index is 1.40. The van der Waals surface area contributed by atoms with Gasteiger partial charge in [-0.1, -0.05) is 17.7 Å². The Bertz CT molecular complexity index is 899. The number of benzene rings is 1. The molecule has 0 bridgehead atoms. The Labute approximate surface area is 179 Å². The summed E-state index contributed by atoms with van der Waals surface area (Å²) in [6.07, 6.45) is 2.72. The fourth-order valence-electron chi connectivity index (χ4n) is 3.56. The molecule has 1 aromatic heterocycles. The van der Waals surface area contributed by atoms with Crippen molar-refractivity contribution in [2.24, 2.45) is 5.92 Å². The zero-order valence-electron chi connectivity index (χ0n) is 16.2. The van der Waals surface area contributed by atoms with Crippen molar-refractivity contribution in [3.8, 4) is 5.75 Å². The third-order valence-corrected chi connectivity index (χ3v) is 6.48. The van der Waals surface area contributed by atoms with Crippen LogP contribution in [0.2, 0.25) is 5.02 Å². The van der Waals surface area contributed by atoms with Gasteiger partial charge in [0.1, 0.15) is 5.75 Å². The average molecular weight is 434 g/mol.